The number of hydrogen-bond donors (Lipinski definition) is 1. The summed E-state index contributed by atoms with van der Waals surface area (Å²) >= 11 is 1.77. The maximum Gasteiger partial charge on any atom is 0.0937 e. The quantitative estimate of drug-likeness (QED) is 0.817. The van der Waals surface area contributed by atoms with Crippen LogP contribution in [-0.4, -0.2) is 42.6 Å². The molecule has 0 aliphatic carbocycles. The lowest BCUT2D eigenvalue weighted by Crippen LogP contribution is -2.27. The van der Waals surface area contributed by atoms with Crippen molar-refractivity contribution in [2.24, 2.45) is 5.92 Å². The van der Waals surface area contributed by atoms with Gasteiger partial charge in [0.2, 0.25) is 0 Å². The van der Waals surface area contributed by atoms with Crippen LogP contribution < -0.4 is 5.32 Å². The fourth-order valence-corrected chi connectivity index (χ4v) is 2.87. The Morgan fingerprint density at radius 2 is 2.56 bits per heavy atom. The van der Waals surface area contributed by atoms with Gasteiger partial charge in [0.05, 0.1) is 5.01 Å². The molecule has 1 aliphatic rings. The first-order chi connectivity index (χ1) is 7.88. The van der Waals surface area contributed by atoms with E-state index < -0.39 is 0 Å². The molecule has 3 nitrogen and oxygen atoms in total. The van der Waals surface area contributed by atoms with Crippen molar-refractivity contribution in [3.8, 4) is 0 Å². The normalized spacial score (nSPS) is 21.7. The molecule has 1 N–H and O–H groups in total. The number of nitrogens with zero attached hydrogens (tertiary/aromatic N) is 2. The van der Waals surface area contributed by atoms with Crippen LogP contribution in [0.2, 0.25) is 0 Å². The predicted octanol–water partition coefficient (Wildman–Crippen LogP) is 1.62. The molecule has 1 atom stereocenters. The molecule has 0 bridgehead atoms. The van der Waals surface area contributed by atoms with Crippen molar-refractivity contribution >= 4 is 11.3 Å². The van der Waals surface area contributed by atoms with Gasteiger partial charge in [-0.15, -0.1) is 11.3 Å². The van der Waals surface area contributed by atoms with Gasteiger partial charge in [-0.1, -0.05) is 6.92 Å². The van der Waals surface area contributed by atoms with E-state index in [1.165, 1.54) is 37.6 Å². The Balaban J connectivity index is 1.65. The summed E-state index contributed by atoms with van der Waals surface area (Å²) in [6.45, 7) is 8.16. The zero-order chi connectivity index (χ0) is 11.2. The molecule has 0 aromatic carbocycles. The van der Waals surface area contributed by atoms with Crippen molar-refractivity contribution in [2.75, 3.05) is 32.7 Å². The molecule has 0 amide bonds. The monoisotopic (exact) mass is 239 g/mol. The molecule has 1 aromatic rings. The van der Waals surface area contributed by atoms with Crippen LogP contribution >= 0.6 is 11.3 Å². The van der Waals surface area contributed by atoms with E-state index in [-0.39, 0.29) is 0 Å². The molecule has 4 heteroatoms. The molecule has 16 heavy (non-hydrogen) atoms. The third kappa shape index (κ3) is 3.54. The first kappa shape index (κ1) is 12.0. The molecule has 2 heterocycles. The zero-order valence-corrected chi connectivity index (χ0v) is 10.8. The van der Waals surface area contributed by atoms with Crippen LogP contribution in [0.15, 0.2) is 11.6 Å². The van der Waals surface area contributed by atoms with E-state index in [0.717, 1.165) is 18.9 Å². The molecular formula is C12H21N3S. The lowest BCUT2D eigenvalue weighted by molar-refractivity contribution is 0.326. The van der Waals surface area contributed by atoms with Crippen LogP contribution in [0.3, 0.4) is 0 Å². The highest BCUT2D eigenvalue weighted by molar-refractivity contribution is 7.09. The van der Waals surface area contributed by atoms with Gasteiger partial charge in [0.25, 0.3) is 0 Å². The number of thiazole rings is 1. The van der Waals surface area contributed by atoms with Crippen molar-refractivity contribution in [3.63, 3.8) is 0 Å². The molecule has 0 spiro atoms. The minimum absolute atomic E-state index is 0.858. The van der Waals surface area contributed by atoms with Crippen molar-refractivity contribution in [3.05, 3.63) is 16.6 Å². The van der Waals surface area contributed by atoms with E-state index in [4.69, 9.17) is 0 Å². The SMILES string of the molecule is CCNCC1CCN(CCc2nccs2)C1. The zero-order valence-electron chi connectivity index (χ0n) is 9.98. The van der Waals surface area contributed by atoms with Gasteiger partial charge < -0.3 is 10.2 Å². The van der Waals surface area contributed by atoms with E-state index in [9.17, 15) is 0 Å². The molecule has 0 radical (unpaired) electrons. The van der Waals surface area contributed by atoms with Crippen LogP contribution in [0.5, 0.6) is 0 Å². The predicted molar refractivity (Wildman–Crippen MR) is 68.9 cm³/mol. The maximum atomic E-state index is 4.33. The van der Waals surface area contributed by atoms with Crippen molar-refractivity contribution < 1.29 is 0 Å². The van der Waals surface area contributed by atoms with Crippen LogP contribution in [-0.2, 0) is 6.42 Å². The smallest absolute Gasteiger partial charge is 0.0937 e. The van der Waals surface area contributed by atoms with Crippen molar-refractivity contribution in [1.82, 2.24) is 15.2 Å². The largest absolute Gasteiger partial charge is 0.317 e. The molecule has 1 aromatic heterocycles. The van der Waals surface area contributed by atoms with E-state index in [0.29, 0.717) is 0 Å². The van der Waals surface area contributed by atoms with Crippen LogP contribution in [0, 0.1) is 5.92 Å². The van der Waals surface area contributed by atoms with E-state index >= 15 is 0 Å². The molecule has 1 fully saturated rings. The van der Waals surface area contributed by atoms with Crippen molar-refractivity contribution in [2.45, 2.75) is 19.8 Å². The standard InChI is InChI=1S/C12H21N3S/c1-2-13-9-11-3-6-15(10-11)7-4-12-14-5-8-16-12/h5,8,11,13H,2-4,6-7,9-10H2,1H3. The number of nitrogens with one attached hydrogen (secondary N) is 1. The summed E-state index contributed by atoms with van der Waals surface area (Å²) in [6.07, 6.45) is 4.37. The topological polar surface area (TPSA) is 28.2 Å². The number of likely N-dealkylation sites (tertiary alicyclic amines) is 1. The average molecular weight is 239 g/mol. The minimum Gasteiger partial charge on any atom is -0.317 e. The lowest BCUT2D eigenvalue weighted by atomic mass is 10.1. The second kappa shape index (κ2) is 6.33. The van der Waals surface area contributed by atoms with Gasteiger partial charge in [-0.3, -0.25) is 0 Å². The fourth-order valence-electron chi connectivity index (χ4n) is 2.26. The highest BCUT2D eigenvalue weighted by atomic mass is 32.1. The summed E-state index contributed by atoms with van der Waals surface area (Å²) in [5.41, 5.74) is 0. The van der Waals surface area contributed by atoms with E-state index in [2.05, 4.69) is 27.5 Å². The van der Waals surface area contributed by atoms with Gasteiger partial charge in [-0.25, -0.2) is 4.98 Å². The summed E-state index contributed by atoms with van der Waals surface area (Å²) in [6, 6.07) is 0. The number of rotatable bonds is 6. The third-order valence-corrected chi connectivity index (χ3v) is 4.02. The molecule has 2 rings (SSSR count). The lowest BCUT2D eigenvalue weighted by Gasteiger charge is -2.15. The Morgan fingerprint density at radius 1 is 1.62 bits per heavy atom. The molecule has 1 saturated heterocycles. The third-order valence-electron chi connectivity index (χ3n) is 3.18. The number of hydrogen-bond acceptors (Lipinski definition) is 4. The first-order valence-electron chi connectivity index (χ1n) is 6.20. The van der Waals surface area contributed by atoms with E-state index in [1.807, 2.05) is 6.20 Å². The minimum atomic E-state index is 0.858. The molecule has 1 unspecified atom stereocenters. The highest BCUT2D eigenvalue weighted by Crippen LogP contribution is 2.16. The molecule has 90 valence electrons. The molecular weight excluding hydrogens is 218 g/mol. The van der Waals surface area contributed by atoms with Gasteiger partial charge in [-0.2, -0.15) is 0 Å². The summed E-state index contributed by atoms with van der Waals surface area (Å²) < 4.78 is 0. The average Bonchev–Trinajstić information content (AvgIpc) is 2.95. The second-order valence-electron chi connectivity index (χ2n) is 4.44. The molecule has 1 aliphatic heterocycles. The van der Waals surface area contributed by atoms with Gasteiger partial charge in [-0.05, 0) is 32.0 Å². The number of aromatic nitrogens is 1. The van der Waals surface area contributed by atoms with Crippen LogP contribution in [0.1, 0.15) is 18.4 Å². The molecule has 0 saturated carbocycles. The summed E-state index contributed by atoms with van der Waals surface area (Å²) in [4.78, 5) is 6.90. The van der Waals surface area contributed by atoms with Crippen molar-refractivity contribution in [1.29, 1.82) is 0 Å². The summed E-state index contributed by atoms with van der Waals surface area (Å²) in [5.74, 6) is 0.858. The van der Waals surface area contributed by atoms with Gasteiger partial charge in [0, 0.05) is 31.1 Å². The van der Waals surface area contributed by atoms with Crippen LogP contribution in [0.4, 0.5) is 0 Å². The Bertz CT molecular complexity index is 286. The van der Waals surface area contributed by atoms with Gasteiger partial charge in [0.1, 0.15) is 0 Å². The highest BCUT2D eigenvalue weighted by Gasteiger charge is 2.21. The first-order valence-corrected chi connectivity index (χ1v) is 7.08. The summed E-state index contributed by atoms with van der Waals surface area (Å²) in [5, 5.41) is 6.78. The van der Waals surface area contributed by atoms with Gasteiger partial charge in [0.15, 0.2) is 0 Å². The Hall–Kier alpha value is -0.450. The summed E-state index contributed by atoms with van der Waals surface area (Å²) in [7, 11) is 0. The van der Waals surface area contributed by atoms with Gasteiger partial charge >= 0.3 is 0 Å². The van der Waals surface area contributed by atoms with Crippen LogP contribution in [0.25, 0.3) is 0 Å². The second-order valence-corrected chi connectivity index (χ2v) is 5.42. The Morgan fingerprint density at radius 3 is 3.31 bits per heavy atom. The van der Waals surface area contributed by atoms with E-state index in [1.54, 1.807) is 11.3 Å². The fraction of sp³-hybridized carbons (Fsp3) is 0.750. The maximum absolute atomic E-state index is 4.33. The Labute approximate surface area is 102 Å². The Kier molecular flexibility index (Phi) is 4.75.